The van der Waals surface area contributed by atoms with Crippen molar-refractivity contribution in [2.45, 2.75) is 73.9 Å². The Balaban J connectivity index is -0.000000635. The second-order valence-corrected chi connectivity index (χ2v) is 25.7. The average molecular weight is 1450 g/mol. The topological polar surface area (TPSA) is 0 Å². The first-order valence-corrected chi connectivity index (χ1v) is 31.4. The third-order valence-electron chi connectivity index (χ3n) is 9.66. The van der Waals surface area contributed by atoms with E-state index in [-0.39, 0.29) is 16.6 Å². The minimum atomic E-state index is -6.06. The van der Waals surface area contributed by atoms with Gasteiger partial charge >= 0.3 is 203 Å². The molecule has 1 unspecified atom stereocenters. The molecule has 0 aliphatic rings. The first kappa shape index (κ1) is 82.7. The molecule has 0 fully saturated rings. The minimum absolute atomic E-state index is 0. The molecule has 0 heterocycles. The maximum absolute atomic E-state index is 10.4. The standard InChI is InChI=1S/C36H27S2.4C6H.4C2F6.Ga.4H2/c1-4-10-28(11-5-1)30-16-20-32(21-17-30)37-33-22-26-36(27-23-33)38(34-14-8-3-9-15-34)35-24-18-31(19-25-35)29-12-6-2-7-13-29;4*1-3-5-6-4-2;4*3-1(4,5)2(6,7)8;;;;;/h1-27H;4*1H;;;;;;4*1H/q+1;;;;;;;;;-1;;;;. The predicted molar refractivity (Wildman–Crippen MR) is 323 cm³/mol. The Hall–Kier alpha value is -10.3. The van der Waals surface area contributed by atoms with Crippen LogP contribution in [0.5, 0.6) is 0 Å². The summed E-state index contributed by atoms with van der Waals surface area (Å²) in [4.78, 5) is 6.48. The molecule has 0 aromatic heterocycles. The van der Waals surface area contributed by atoms with E-state index >= 15 is 0 Å². The molecule has 0 amide bonds. The molecular weight excluding hydrogens is 1410 g/mol. The van der Waals surface area contributed by atoms with Gasteiger partial charge in [0.15, 0.2) is 14.7 Å². The molecule has 0 nitrogen and oxygen atoms in total. The molecule has 1 atom stereocenters. The third-order valence-corrected chi connectivity index (χ3v) is 17.8. The SMILES string of the molecule is C#CC#CC#[C][Ga-]([C]#CC#CC#C)([C]#CC#CC#C)[C]#CC#CC#C.FC(F)(F)C(F)(F)F.FC(F)(F)C(F)(F)F.FC(F)(F)C(F)(F)F.FC(F)(F)C(F)(F)F.[HH].[HH].[HH].[HH].c1ccc(-c2ccc(Sc3ccc([S+](c4ccccc4)c4ccc(-c5ccccc5)cc4)cc3)cc2)cc1. The number of benzene rings is 6. The molecule has 6 aromatic carbocycles. The molecule has 494 valence electrons. The summed E-state index contributed by atoms with van der Waals surface area (Å²) >= 11 is -2.10. The Morgan fingerprint density at radius 1 is 0.253 bits per heavy atom. The van der Waals surface area contributed by atoms with Crippen LogP contribution in [0.4, 0.5) is 105 Å². The number of terminal acetylenes is 4. The van der Waals surface area contributed by atoms with Crippen LogP contribution in [-0.4, -0.2) is 64.4 Å². The van der Waals surface area contributed by atoms with E-state index in [2.05, 4.69) is 276 Å². The normalized spacial score (nSPS) is 10.9. The fraction of sp³-hybridized carbons (Fsp3) is 0.118. The smallest absolute Gasteiger partial charge is 0.162 e. The van der Waals surface area contributed by atoms with Crippen molar-refractivity contribution in [3.63, 3.8) is 0 Å². The van der Waals surface area contributed by atoms with E-state index in [1.165, 1.54) is 46.7 Å². The molecule has 27 heteroatoms. The van der Waals surface area contributed by atoms with Crippen molar-refractivity contribution < 1.29 is 111 Å². The summed E-state index contributed by atoms with van der Waals surface area (Å²) in [6.07, 6.45) is -28.3. The van der Waals surface area contributed by atoms with Gasteiger partial charge in [0.2, 0.25) is 0 Å². The van der Waals surface area contributed by atoms with Gasteiger partial charge in [-0.15, -0.1) is 0 Å². The van der Waals surface area contributed by atoms with E-state index in [0.29, 0.717) is 0 Å². The van der Waals surface area contributed by atoms with E-state index in [4.69, 9.17) is 25.7 Å². The van der Waals surface area contributed by atoms with Gasteiger partial charge in [-0.25, -0.2) is 0 Å². The Bertz CT molecular complexity index is 3820. The number of alkyl halides is 24. The predicted octanol–water partition coefficient (Wildman–Crippen LogP) is 19.8. The van der Waals surface area contributed by atoms with Crippen molar-refractivity contribution >= 4 is 37.7 Å². The first-order chi connectivity index (χ1) is 44.1. The molecule has 6 aromatic rings. The van der Waals surface area contributed by atoms with E-state index in [1.807, 2.05) is 0 Å². The molecule has 95 heavy (non-hydrogen) atoms. The van der Waals surface area contributed by atoms with Gasteiger partial charge in [0.05, 0.1) is 10.9 Å². The number of hydrogen-bond donors (Lipinski definition) is 0. The molecule has 0 saturated carbocycles. The average Bonchev–Trinajstić information content (AvgIpc) is 0.805. The van der Waals surface area contributed by atoms with Gasteiger partial charge in [-0.1, -0.05) is 103 Å². The van der Waals surface area contributed by atoms with Crippen LogP contribution in [-0.2, 0) is 10.9 Å². The molecule has 0 N–H and O–H groups in total. The summed E-state index contributed by atoms with van der Waals surface area (Å²) < 4.78 is 262. The van der Waals surface area contributed by atoms with Gasteiger partial charge in [0, 0.05) is 15.5 Å². The van der Waals surface area contributed by atoms with Crippen molar-refractivity contribution in [1.82, 2.24) is 0 Å². The van der Waals surface area contributed by atoms with Crippen molar-refractivity contribution in [3.8, 4) is 161 Å². The van der Waals surface area contributed by atoms with E-state index in [1.54, 1.807) is 11.8 Å². The Kier molecular flexibility index (Phi) is 33.6. The molecule has 6 rings (SSSR count). The van der Waals surface area contributed by atoms with Gasteiger partial charge in [0.25, 0.3) is 0 Å². The summed E-state index contributed by atoms with van der Waals surface area (Å²) in [5.74, 6) is 38.5. The van der Waals surface area contributed by atoms with Crippen LogP contribution >= 0.6 is 11.8 Å². The number of rotatable bonds is 7. The van der Waals surface area contributed by atoms with Crippen LogP contribution in [0.3, 0.4) is 0 Å². The summed E-state index contributed by atoms with van der Waals surface area (Å²) in [6, 6.07) is 59.0. The van der Waals surface area contributed by atoms with Gasteiger partial charge in [-0.05, 0) is 95.1 Å². The monoisotopic (exact) mass is 1440 g/mol. The first-order valence-electron chi connectivity index (χ1n) is 24.6. The Morgan fingerprint density at radius 2 is 0.453 bits per heavy atom. The summed E-state index contributed by atoms with van der Waals surface area (Å²) in [6.45, 7) is 0. The maximum atomic E-state index is 10.4. The molecule has 0 aliphatic carbocycles. The van der Waals surface area contributed by atoms with Crippen LogP contribution in [0.1, 0.15) is 5.71 Å². The maximum Gasteiger partial charge on any atom is 0.487 e. The van der Waals surface area contributed by atoms with Crippen LogP contribution in [0.15, 0.2) is 188 Å². The largest absolute Gasteiger partial charge is 0.487 e. The fourth-order valence-corrected chi connectivity index (χ4v) is 11.8. The quantitative estimate of drug-likeness (QED) is 0.0664. The summed E-state index contributed by atoms with van der Waals surface area (Å²) in [5, 5.41) is 0. The van der Waals surface area contributed by atoms with Crippen LogP contribution in [0.25, 0.3) is 22.3 Å². The number of hydrogen-bond acceptors (Lipinski definition) is 1. The van der Waals surface area contributed by atoms with Crippen molar-refractivity contribution in [2.75, 3.05) is 0 Å². The van der Waals surface area contributed by atoms with Crippen molar-refractivity contribution in [2.24, 2.45) is 0 Å². The van der Waals surface area contributed by atoms with Gasteiger partial charge in [0.1, 0.15) is 0 Å². The van der Waals surface area contributed by atoms with Crippen molar-refractivity contribution in [1.29, 1.82) is 0 Å². The van der Waals surface area contributed by atoms with Gasteiger partial charge < -0.3 is 0 Å². The van der Waals surface area contributed by atoms with Gasteiger partial charge in [-0.2, -0.15) is 105 Å². The fourth-order valence-electron chi connectivity index (χ4n) is 5.57. The molecule has 0 bridgehead atoms. The molecule has 0 radical (unpaired) electrons. The second-order valence-electron chi connectivity index (χ2n) is 16.5. The summed E-state index contributed by atoms with van der Waals surface area (Å²) in [5.41, 5.74) is 4.99. The minimum Gasteiger partial charge on any atom is -0.162 e. The van der Waals surface area contributed by atoms with Gasteiger partial charge in [-0.3, -0.25) is 0 Å². The molecule has 0 saturated heterocycles. The Morgan fingerprint density at radius 3 is 0.695 bits per heavy atom. The van der Waals surface area contributed by atoms with Crippen LogP contribution < -0.4 is 0 Å². The second kappa shape index (κ2) is 38.6. The Labute approximate surface area is 544 Å². The molecule has 0 spiro atoms. The van der Waals surface area contributed by atoms with Crippen LogP contribution in [0, 0.1) is 138 Å². The molecule has 0 aliphatic heterocycles. The number of halogens is 24. The summed E-state index contributed by atoms with van der Waals surface area (Å²) in [7, 11) is -0.168. The van der Waals surface area contributed by atoms with E-state index < -0.39 is 64.4 Å². The van der Waals surface area contributed by atoms with Crippen LogP contribution in [0.2, 0.25) is 0 Å². The third kappa shape index (κ3) is 32.2. The zero-order valence-corrected chi connectivity index (χ0v) is 50.9. The van der Waals surface area contributed by atoms with E-state index in [9.17, 15) is 105 Å². The zero-order valence-electron chi connectivity index (χ0n) is 46.9. The molecular formula is C68H39F24GaS2. The zero-order chi connectivity index (χ0) is 72.2. The van der Waals surface area contributed by atoms with Crippen molar-refractivity contribution in [3.05, 3.63) is 164 Å². The van der Waals surface area contributed by atoms with E-state index in [0.717, 1.165) is 0 Å².